The van der Waals surface area contributed by atoms with Crippen molar-refractivity contribution in [1.82, 2.24) is 25.5 Å². The van der Waals surface area contributed by atoms with E-state index in [1.165, 1.54) is 24.0 Å². The van der Waals surface area contributed by atoms with Crippen LogP contribution in [0.1, 0.15) is 5.56 Å². The minimum atomic E-state index is -2.95. The van der Waals surface area contributed by atoms with Crippen molar-refractivity contribution in [3.63, 3.8) is 0 Å². The lowest BCUT2D eigenvalue weighted by Crippen LogP contribution is -2.28. The van der Waals surface area contributed by atoms with E-state index in [-0.39, 0.29) is 30.5 Å². The van der Waals surface area contributed by atoms with E-state index >= 15 is 0 Å². The third kappa shape index (κ3) is 5.00. The summed E-state index contributed by atoms with van der Waals surface area (Å²) in [5.74, 6) is 0.168. The van der Waals surface area contributed by atoms with Gasteiger partial charge >= 0.3 is 6.61 Å². The molecule has 0 atom stereocenters. The molecule has 0 unspecified atom stereocenters. The van der Waals surface area contributed by atoms with Crippen molar-refractivity contribution in [1.29, 1.82) is 0 Å². The van der Waals surface area contributed by atoms with E-state index in [1.807, 2.05) is 30.3 Å². The molecule has 1 N–H and O–H groups in total. The first-order valence-electron chi connectivity index (χ1n) is 8.27. The number of ether oxygens (including phenoxy) is 2. The van der Waals surface area contributed by atoms with E-state index < -0.39 is 6.61 Å². The van der Waals surface area contributed by atoms with Crippen molar-refractivity contribution in [2.24, 2.45) is 0 Å². The summed E-state index contributed by atoms with van der Waals surface area (Å²) in [6.07, 6.45) is 0. The van der Waals surface area contributed by atoms with E-state index in [0.717, 1.165) is 5.56 Å². The van der Waals surface area contributed by atoms with Crippen molar-refractivity contribution in [3.05, 3.63) is 54.1 Å². The minimum Gasteiger partial charge on any atom is -0.493 e. The van der Waals surface area contributed by atoms with E-state index in [9.17, 15) is 13.6 Å². The van der Waals surface area contributed by atoms with E-state index in [0.29, 0.717) is 11.4 Å². The number of aromatic nitrogens is 4. The van der Waals surface area contributed by atoms with Crippen LogP contribution in [0, 0.1) is 0 Å². The topological polar surface area (TPSA) is 91.2 Å². The van der Waals surface area contributed by atoms with Gasteiger partial charge in [-0.05, 0) is 22.9 Å². The Bertz CT molecular complexity index is 934. The molecule has 8 nitrogen and oxygen atoms in total. The number of nitrogens with one attached hydrogen (secondary N) is 1. The Hall–Kier alpha value is -3.56. The zero-order valence-electron chi connectivity index (χ0n) is 14.9. The summed E-state index contributed by atoms with van der Waals surface area (Å²) in [5.41, 5.74) is 1.45. The highest BCUT2D eigenvalue weighted by molar-refractivity contribution is 5.75. The maximum Gasteiger partial charge on any atom is 0.387 e. The maximum atomic E-state index is 12.4. The number of carbonyl (C=O) groups is 1. The largest absolute Gasteiger partial charge is 0.493 e. The molecule has 2 aromatic carbocycles. The number of carbonyl (C=O) groups excluding carboxylic acids is 1. The fourth-order valence-corrected chi connectivity index (χ4v) is 2.41. The Morgan fingerprint density at radius 1 is 1.18 bits per heavy atom. The van der Waals surface area contributed by atoms with Crippen LogP contribution in [0.15, 0.2) is 48.5 Å². The van der Waals surface area contributed by atoms with Crippen molar-refractivity contribution >= 4 is 5.91 Å². The average molecular weight is 389 g/mol. The van der Waals surface area contributed by atoms with Gasteiger partial charge in [0.2, 0.25) is 11.7 Å². The first kappa shape index (κ1) is 19.2. The molecule has 0 aliphatic heterocycles. The summed E-state index contributed by atoms with van der Waals surface area (Å²) in [7, 11) is 1.34. The molecule has 1 amide bonds. The predicted octanol–water partition coefficient (Wildman–Crippen LogP) is 2.27. The summed E-state index contributed by atoms with van der Waals surface area (Å²) >= 11 is 0. The first-order valence-corrected chi connectivity index (χ1v) is 8.27. The Labute approximate surface area is 159 Å². The molecule has 0 fully saturated rings. The molecule has 3 aromatic rings. The normalized spacial score (nSPS) is 10.7. The Balaban J connectivity index is 1.57. The van der Waals surface area contributed by atoms with Crippen LogP contribution in [0.5, 0.6) is 11.5 Å². The number of benzene rings is 2. The number of alkyl halides is 2. The number of methoxy groups -OCH3 is 1. The van der Waals surface area contributed by atoms with Gasteiger partial charge in [0.1, 0.15) is 6.54 Å². The van der Waals surface area contributed by atoms with E-state index in [4.69, 9.17) is 4.74 Å². The number of tetrazole rings is 1. The van der Waals surface area contributed by atoms with Gasteiger partial charge in [-0.2, -0.15) is 13.6 Å². The lowest BCUT2D eigenvalue weighted by molar-refractivity contribution is -0.122. The number of hydrogen-bond acceptors (Lipinski definition) is 6. The zero-order chi connectivity index (χ0) is 19.9. The number of nitrogens with zero attached hydrogens (tertiary/aromatic N) is 4. The maximum absolute atomic E-state index is 12.4. The highest BCUT2D eigenvalue weighted by atomic mass is 19.3. The molecule has 0 saturated carbocycles. The Morgan fingerprint density at radius 3 is 2.68 bits per heavy atom. The molecule has 0 radical (unpaired) electrons. The minimum absolute atomic E-state index is 0.0761. The summed E-state index contributed by atoms with van der Waals surface area (Å²) < 4.78 is 34.1. The zero-order valence-corrected chi connectivity index (χ0v) is 14.9. The second kappa shape index (κ2) is 8.89. The number of halogens is 2. The lowest BCUT2D eigenvalue weighted by atomic mass is 10.2. The van der Waals surface area contributed by atoms with Gasteiger partial charge < -0.3 is 14.8 Å². The van der Waals surface area contributed by atoms with Crippen molar-refractivity contribution in [3.8, 4) is 22.9 Å². The van der Waals surface area contributed by atoms with Gasteiger partial charge in [0, 0.05) is 12.1 Å². The second-order valence-corrected chi connectivity index (χ2v) is 5.65. The summed E-state index contributed by atoms with van der Waals surface area (Å²) in [5, 5.41) is 14.6. The summed E-state index contributed by atoms with van der Waals surface area (Å²) in [6, 6.07) is 13.7. The molecule has 10 heteroatoms. The average Bonchev–Trinajstić information content (AvgIpc) is 3.16. The summed E-state index contributed by atoms with van der Waals surface area (Å²) in [4.78, 5) is 13.3. The molecular weight excluding hydrogens is 372 g/mol. The molecule has 0 bridgehead atoms. The number of rotatable bonds is 8. The Morgan fingerprint density at radius 2 is 1.96 bits per heavy atom. The molecular formula is C18H17F2N5O3. The van der Waals surface area contributed by atoms with Crippen LogP contribution < -0.4 is 14.8 Å². The van der Waals surface area contributed by atoms with Gasteiger partial charge in [-0.15, -0.1) is 10.2 Å². The molecule has 28 heavy (non-hydrogen) atoms. The van der Waals surface area contributed by atoms with E-state index in [1.54, 1.807) is 6.07 Å². The third-order valence-corrected chi connectivity index (χ3v) is 3.70. The molecule has 1 aromatic heterocycles. The fourth-order valence-electron chi connectivity index (χ4n) is 2.41. The van der Waals surface area contributed by atoms with Gasteiger partial charge in [0.25, 0.3) is 0 Å². The monoisotopic (exact) mass is 389 g/mol. The van der Waals surface area contributed by atoms with Crippen LogP contribution >= 0.6 is 0 Å². The summed E-state index contributed by atoms with van der Waals surface area (Å²) in [6.45, 7) is -2.89. The van der Waals surface area contributed by atoms with Crippen molar-refractivity contribution in [2.45, 2.75) is 19.7 Å². The van der Waals surface area contributed by atoms with Gasteiger partial charge in [-0.1, -0.05) is 36.4 Å². The van der Waals surface area contributed by atoms with Crippen molar-refractivity contribution < 1.29 is 23.0 Å². The SMILES string of the molecule is COc1cc(CNC(=O)Cn2nnc(-c3ccccc3)n2)ccc1OC(F)F. The van der Waals surface area contributed by atoms with Gasteiger partial charge in [0.15, 0.2) is 11.5 Å². The van der Waals surface area contributed by atoms with Crippen LogP contribution in [-0.2, 0) is 17.9 Å². The second-order valence-electron chi connectivity index (χ2n) is 5.65. The molecule has 0 spiro atoms. The van der Waals surface area contributed by atoms with Gasteiger partial charge in [-0.25, -0.2) is 0 Å². The highest BCUT2D eigenvalue weighted by Crippen LogP contribution is 2.29. The smallest absolute Gasteiger partial charge is 0.387 e. The molecule has 3 rings (SSSR count). The van der Waals surface area contributed by atoms with Crippen LogP contribution in [0.3, 0.4) is 0 Å². The van der Waals surface area contributed by atoms with Crippen LogP contribution in [0.2, 0.25) is 0 Å². The predicted molar refractivity (Wildman–Crippen MR) is 94.7 cm³/mol. The lowest BCUT2D eigenvalue weighted by Gasteiger charge is -2.11. The Kier molecular flexibility index (Phi) is 6.10. The molecule has 0 saturated heterocycles. The van der Waals surface area contributed by atoms with Gasteiger partial charge in [-0.3, -0.25) is 4.79 Å². The molecule has 1 heterocycles. The number of amides is 1. The first-order chi connectivity index (χ1) is 13.5. The van der Waals surface area contributed by atoms with Crippen LogP contribution in [-0.4, -0.2) is 39.8 Å². The van der Waals surface area contributed by atoms with Crippen LogP contribution in [0.4, 0.5) is 8.78 Å². The highest BCUT2D eigenvalue weighted by Gasteiger charge is 2.12. The number of hydrogen-bond donors (Lipinski definition) is 1. The quantitative estimate of drug-likeness (QED) is 0.636. The van der Waals surface area contributed by atoms with Gasteiger partial charge in [0.05, 0.1) is 7.11 Å². The third-order valence-electron chi connectivity index (χ3n) is 3.70. The fraction of sp³-hybridized carbons (Fsp3) is 0.222. The van der Waals surface area contributed by atoms with Crippen molar-refractivity contribution in [2.75, 3.05) is 7.11 Å². The standard InChI is InChI=1S/C18H17F2N5O3/c1-27-15-9-12(7-8-14(15)28-18(19)20)10-21-16(26)11-25-23-17(22-24-25)13-5-3-2-4-6-13/h2-9,18H,10-11H2,1H3,(H,21,26). The molecule has 0 aliphatic rings. The van der Waals surface area contributed by atoms with E-state index in [2.05, 4.69) is 25.5 Å². The molecule has 0 aliphatic carbocycles. The molecule has 146 valence electrons. The van der Waals surface area contributed by atoms with Crippen LogP contribution in [0.25, 0.3) is 11.4 Å².